The summed E-state index contributed by atoms with van der Waals surface area (Å²) in [5.74, 6) is -2.38. The fourth-order valence-corrected chi connectivity index (χ4v) is 2.15. The van der Waals surface area contributed by atoms with Gasteiger partial charge in [0.1, 0.15) is 10.5 Å². The molecule has 0 aliphatic heterocycles. The van der Waals surface area contributed by atoms with Crippen molar-refractivity contribution in [1.29, 1.82) is 0 Å². The van der Waals surface area contributed by atoms with Gasteiger partial charge in [-0.2, -0.15) is 8.42 Å². The molecule has 124 valence electrons. The van der Waals surface area contributed by atoms with E-state index in [-0.39, 0.29) is 42.5 Å². The van der Waals surface area contributed by atoms with E-state index in [1.165, 1.54) is 0 Å². The van der Waals surface area contributed by atoms with Crippen LogP contribution in [0.25, 0.3) is 0 Å². The van der Waals surface area contributed by atoms with Crippen molar-refractivity contribution in [3.05, 3.63) is 29.3 Å². The Bertz CT molecular complexity index is 714. The smallest absolute Gasteiger partial charge is 1.00 e. The van der Waals surface area contributed by atoms with Crippen LogP contribution in [0.5, 0.6) is 0 Å². The van der Waals surface area contributed by atoms with Crippen molar-refractivity contribution < 1.29 is 63.4 Å². The number of carboxylic acid groups (broad SMARTS) is 1. The van der Waals surface area contributed by atoms with Crippen LogP contribution < -0.4 is 29.6 Å². The third kappa shape index (κ3) is 5.58. The minimum atomic E-state index is -4.77. The summed E-state index contributed by atoms with van der Waals surface area (Å²) >= 11 is 0. The first-order chi connectivity index (χ1) is 9.86. The van der Waals surface area contributed by atoms with E-state index in [9.17, 15) is 22.6 Å². The second-order valence-electron chi connectivity index (χ2n) is 5.64. The summed E-state index contributed by atoms with van der Waals surface area (Å²) in [6.07, 6.45) is 0. The predicted molar refractivity (Wildman–Crippen MR) is 78.7 cm³/mol. The molecule has 0 heterocycles. The van der Waals surface area contributed by atoms with Crippen LogP contribution in [-0.4, -0.2) is 35.6 Å². The molecule has 0 atom stereocenters. The molecule has 0 aliphatic carbocycles. The molecule has 9 heteroatoms. The molecule has 0 fully saturated rings. The fraction of sp³-hybridized carbons (Fsp3) is 0.429. The second-order valence-corrected chi connectivity index (χ2v) is 7.03. The first-order valence-electron chi connectivity index (χ1n) is 6.44. The standard InChI is InChI=1S/C14H18O7S.Na.H/c1-8(2)14(3,4)21-13(17)10-6-5-9(12(15)16)7-11(10)22(18,19)20;;/h5-8H,1-4H3,(H,15,16)(H,18,19,20);;/q;+1;-1. The quantitative estimate of drug-likeness (QED) is 0.409. The van der Waals surface area contributed by atoms with Gasteiger partial charge in [0, 0.05) is 0 Å². The third-order valence-electron chi connectivity index (χ3n) is 3.47. The zero-order valence-electron chi connectivity index (χ0n) is 14.7. The van der Waals surface area contributed by atoms with Crippen molar-refractivity contribution in [2.24, 2.45) is 5.92 Å². The number of carboxylic acids is 1. The van der Waals surface area contributed by atoms with Crippen LogP contribution in [0.4, 0.5) is 0 Å². The SMILES string of the molecule is CC(C)C(C)(C)OC(=O)c1ccc(C(=O)O)cc1S(=O)(=O)O.[H-].[Na+]. The molecule has 2 N–H and O–H groups in total. The van der Waals surface area contributed by atoms with Crippen molar-refractivity contribution in [3.63, 3.8) is 0 Å². The molecule has 0 aromatic heterocycles. The number of benzene rings is 1. The fourth-order valence-electron chi connectivity index (χ4n) is 1.45. The van der Waals surface area contributed by atoms with Crippen LogP contribution in [0.2, 0.25) is 0 Å². The number of esters is 1. The number of ether oxygens (including phenoxy) is 1. The van der Waals surface area contributed by atoms with Crippen molar-refractivity contribution in [1.82, 2.24) is 0 Å². The average molecular weight is 354 g/mol. The second kappa shape index (κ2) is 7.76. The van der Waals surface area contributed by atoms with Crippen LogP contribution in [0.3, 0.4) is 0 Å². The van der Waals surface area contributed by atoms with Crippen LogP contribution in [0, 0.1) is 5.92 Å². The molecular formula is C14H19NaO7S. The van der Waals surface area contributed by atoms with Crippen LogP contribution >= 0.6 is 0 Å². The number of aromatic carboxylic acids is 1. The van der Waals surface area contributed by atoms with Gasteiger partial charge < -0.3 is 11.3 Å². The van der Waals surface area contributed by atoms with E-state index in [4.69, 9.17) is 9.84 Å². The Balaban J connectivity index is 0. The maximum absolute atomic E-state index is 12.2. The molecule has 0 unspecified atom stereocenters. The number of rotatable bonds is 5. The number of carbonyl (C=O) groups excluding carboxylic acids is 1. The molecular weight excluding hydrogens is 335 g/mol. The molecule has 0 aliphatic rings. The number of carbonyl (C=O) groups is 2. The Morgan fingerprint density at radius 1 is 1.26 bits per heavy atom. The molecule has 7 nitrogen and oxygen atoms in total. The minimum Gasteiger partial charge on any atom is -1.00 e. The maximum Gasteiger partial charge on any atom is 1.00 e. The van der Waals surface area contributed by atoms with Gasteiger partial charge in [0.05, 0.1) is 11.1 Å². The number of hydrogen-bond acceptors (Lipinski definition) is 5. The molecule has 1 rings (SSSR count). The summed E-state index contributed by atoms with van der Waals surface area (Å²) in [5.41, 5.74) is -1.65. The van der Waals surface area contributed by atoms with E-state index >= 15 is 0 Å². The van der Waals surface area contributed by atoms with Crippen LogP contribution in [0.15, 0.2) is 23.1 Å². The van der Waals surface area contributed by atoms with Crippen molar-refractivity contribution in [2.75, 3.05) is 0 Å². The van der Waals surface area contributed by atoms with Gasteiger partial charge in [-0.25, -0.2) is 9.59 Å². The zero-order chi connectivity index (χ0) is 17.3. The monoisotopic (exact) mass is 354 g/mol. The molecule has 0 saturated heterocycles. The van der Waals surface area contributed by atoms with Gasteiger partial charge in [0.25, 0.3) is 10.1 Å². The van der Waals surface area contributed by atoms with Gasteiger partial charge in [-0.15, -0.1) is 0 Å². The molecule has 1 aromatic rings. The summed E-state index contributed by atoms with van der Waals surface area (Å²) in [6, 6.07) is 2.79. The van der Waals surface area contributed by atoms with Gasteiger partial charge in [-0.3, -0.25) is 4.55 Å². The van der Waals surface area contributed by atoms with Crippen molar-refractivity contribution in [2.45, 2.75) is 38.2 Å². The van der Waals surface area contributed by atoms with Gasteiger partial charge in [0.15, 0.2) is 0 Å². The van der Waals surface area contributed by atoms with E-state index < -0.39 is 38.1 Å². The largest absolute Gasteiger partial charge is 1.00 e. The summed E-state index contributed by atoms with van der Waals surface area (Å²) in [5, 5.41) is 8.87. The number of hydrogen-bond donors (Lipinski definition) is 2. The molecule has 1 aromatic carbocycles. The molecule has 0 radical (unpaired) electrons. The molecule has 0 amide bonds. The molecule has 0 spiro atoms. The zero-order valence-corrected chi connectivity index (χ0v) is 16.5. The summed E-state index contributed by atoms with van der Waals surface area (Å²) < 4.78 is 37.2. The summed E-state index contributed by atoms with van der Waals surface area (Å²) in [6.45, 7) is 6.97. The topological polar surface area (TPSA) is 118 Å². The van der Waals surface area contributed by atoms with Crippen LogP contribution in [-0.2, 0) is 14.9 Å². The maximum atomic E-state index is 12.2. The van der Waals surface area contributed by atoms with E-state index in [1.54, 1.807) is 13.8 Å². The van der Waals surface area contributed by atoms with Crippen LogP contribution in [0.1, 0.15) is 49.8 Å². The third-order valence-corrected chi connectivity index (χ3v) is 4.37. The Hall–Kier alpha value is -0.930. The van der Waals surface area contributed by atoms with Gasteiger partial charge >= 0.3 is 41.5 Å². The molecule has 0 bridgehead atoms. The Labute approximate surface area is 158 Å². The molecule has 23 heavy (non-hydrogen) atoms. The average Bonchev–Trinajstić information content (AvgIpc) is 2.36. The minimum absolute atomic E-state index is 0. The predicted octanol–water partition coefficient (Wildman–Crippen LogP) is -0.661. The Morgan fingerprint density at radius 2 is 1.78 bits per heavy atom. The van der Waals surface area contributed by atoms with E-state index in [2.05, 4.69) is 0 Å². The van der Waals surface area contributed by atoms with E-state index in [0.717, 1.165) is 18.2 Å². The normalized spacial score (nSPS) is 11.7. The Morgan fingerprint density at radius 3 is 2.17 bits per heavy atom. The van der Waals surface area contributed by atoms with E-state index in [1.807, 2.05) is 13.8 Å². The summed E-state index contributed by atoms with van der Waals surface area (Å²) in [7, 11) is -4.77. The summed E-state index contributed by atoms with van der Waals surface area (Å²) in [4.78, 5) is 22.3. The van der Waals surface area contributed by atoms with Crippen molar-refractivity contribution >= 4 is 22.1 Å². The van der Waals surface area contributed by atoms with Gasteiger partial charge in [0.2, 0.25) is 0 Å². The first-order valence-corrected chi connectivity index (χ1v) is 7.88. The molecule has 0 saturated carbocycles. The van der Waals surface area contributed by atoms with Crippen molar-refractivity contribution in [3.8, 4) is 0 Å². The van der Waals surface area contributed by atoms with Gasteiger partial charge in [-0.05, 0) is 38.0 Å². The van der Waals surface area contributed by atoms with E-state index in [0.29, 0.717) is 0 Å². The first kappa shape index (κ1) is 22.1. The Kier molecular flexibility index (Phi) is 7.45. The van der Waals surface area contributed by atoms with Gasteiger partial charge in [-0.1, -0.05) is 13.8 Å².